The molecule has 1 aromatic rings. The zero-order chi connectivity index (χ0) is 13.7. The third-order valence-electron chi connectivity index (χ3n) is 3.44. The van der Waals surface area contributed by atoms with Gasteiger partial charge in [-0.3, -0.25) is 14.7 Å². The van der Waals surface area contributed by atoms with Crippen LogP contribution in [0.3, 0.4) is 0 Å². The first-order valence-electron chi connectivity index (χ1n) is 6.67. The van der Waals surface area contributed by atoms with Gasteiger partial charge in [-0.25, -0.2) is 0 Å². The van der Waals surface area contributed by atoms with Crippen molar-refractivity contribution < 1.29 is 14.3 Å². The summed E-state index contributed by atoms with van der Waals surface area (Å²) in [6, 6.07) is 0.132. The van der Waals surface area contributed by atoms with Gasteiger partial charge < -0.3 is 10.1 Å². The number of carbonyl (C=O) groups excluding carboxylic acids is 2. The largest absolute Gasteiger partial charge is 0.466 e. The highest BCUT2D eigenvalue weighted by Crippen LogP contribution is 2.25. The van der Waals surface area contributed by atoms with Gasteiger partial charge in [0.2, 0.25) is 0 Å². The van der Waals surface area contributed by atoms with Crippen LogP contribution >= 0.6 is 0 Å². The first-order chi connectivity index (χ1) is 9.20. The molecule has 0 aliphatic heterocycles. The van der Waals surface area contributed by atoms with E-state index in [1.807, 2.05) is 6.92 Å². The van der Waals surface area contributed by atoms with Crippen molar-refractivity contribution in [2.75, 3.05) is 6.61 Å². The number of amides is 1. The zero-order valence-corrected chi connectivity index (χ0v) is 11.0. The van der Waals surface area contributed by atoms with E-state index in [1.165, 1.54) is 6.20 Å². The highest BCUT2D eigenvalue weighted by Gasteiger charge is 2.28. The number of aromatic nitrogens is 2. The number of ether oxygens (including phenoxy) is 1. The minimum absolute atomic E-state index is 0.0120. The topological polar surface area (TPSA) is 84.1 Å². The summed E-state index contributed by atoms with van der Waals surface area (Å²) in [4.78, 5) is 23.4. The first kappa shape index (κ1) is 13.6. The van der Waals surface area contributed by atoms with Gasteiger partial charge in [-0.05, 0) is 32.6 Å². The van der Waals surface area contributed by atoms with Crippen LogP contribution in [0.5, 0.6) is 0 Å². The lowest BCUT2D eigenvalue weighted by molar-refractivity contribution is -0.149. The van der Waals surface area contributed by atoms with Gasteiger partial charge in [-0.15, -0.1) is 0 Å². The van der Waals surface area contributed by atoms with Gasteiger partial charge in [-0.2, -0.15) is 5.10 Å². The zero-order valence-electron chi connectivity index (χ0n) is 11.0. The van der Waals surface area contributed by atoms with Crippen LogP contribution in [0, 0.1) is 5.92 Å². The van der Waals surface area contributed by atoms with Crippen LogP contribution in [0.25, 0.3) is 0 Å². The second kappa shape index (κ2) is 6.36. The van der Waals surface area contributed by atoms with E-state index in [1.54, 1.807) is 6.20 Å². The van der Waals surface area contributed by atoms with E-state index in [0.717, 1.165) is 25.7 Å². The molecule has 1 amide bonds. The normalized spacial score (nSPS) is 22.8. The number of esters is 1. The Morgan fingerprint density at radius 3 is 2.74 bits per heavy atom. The molecule has 0 radical (unpaired) electrons. The monoisotopic (exact) mass is 265 g/mol. The SMILES string of the molecule is CCOC(=O)C1CCC(NC(=O)c2cn[nH]c2)CC1. The fourth-order valence-corrected chi connectivity index (χ4v) is 2.38. The molecule has 1 aliphatic rings. The number of H-pyrrole nitrogens is 1. The molecule has 2 rings (SSSR count). The predicted octanol–water partition coefficient (Wildman–Crippen LogP) is 1.26. The van der Waals surface area contributed by atoms with Gasteiger partial charge in [-0.1, -0.05) is 0 Å². The molecule has 19 heavy (non-hydrogen) atoms. The predicted molar refractivity (Wildman–Crippen MR) is 68.4 cm³/mol. The Bertz CT molecular complexity index is 422. The van der Waals surface area contributed by atoms with Crippen LogP contribution in [0.4, 0.5) is 0 Å². The molecule has 1 fully saturated rings. The van der Waals surface area contributed by atoms with Crippen LogP contribution in [-0.4, -0.2) is 34.7 Å². The maximum Gasteiger partial charge on any atom is 0.308 e. The van der Waals surface area contributed by atoms with Gasteiger partial charge >= 0.3 is 5.97 Å². The lowest BCUT2D eigenvalue weighted by Gasteiger charge is -2.27. The van der Waals surface area contributed by atoms with Crippen molar-refractivity contribution in [3.05, 3.63) is 18.0 Å². The summed E-state index contributed by atoms with van der Waals surface area (Å²) in [6.45, 7) is 2.24. The summed E-state index contributed by atoms with van der Waals surface area (Å²) in [5, 5.41) is 9.32. The van der Waals surface area contributed by atoms with Crippen molar-refractivity contribution in [2.45, 2.75) is 38.6 Å². The van der Waals surface area contributed by atoms with Crippen molar-refractivity contribution in [3.8, 4) is 0 Å². The van der Waals surface area contributed by atoms with Crippen LogP contribution < -0.4 is 5.32 Å². The molecule has 1 heterocycles. The van der Waals surface area contributed by atoms with E-state index >= 15 is 0 Å². The number of hydrogen-bond donors (Lipinski definition) is 2. The molecule has 0 bridgehead atoms. The van der Waals surface area contributed by atoms with Crippen LogP contribution in [0.2, 0.25) is 0 Å². The molecule has 0 unspecified atom stereocenters. The van der Waals surface area contributed by atoms with Crippen molar-refractivity contribution >= 4 is 11.9 Å². The first-order valence-corrected chi connectivity index (χ1v) is 6.67. The Hall–Kier alpha value is -1.85. The fourth-order valence-electron chi connectivity index (χ4n) is 2.38. The standard InChI is InChI=1S/C13H19N3O3/c1-2-19-13(18)9-3-5-11(6-4-9)16-12(17)10-7-14-15-8-10/h7-9,11H,2-6H2,1H3,(H,14,15)(H,16,17). The van der Waals surface area contributed by atoms with Crippen molar-refractivity contribution in [3.63, 3.8) is 0 Å². The van der Waals surface area contributed by atoms with E-state index in [4.69, 9.17) is 4.74 Å². The molecular formula is C13H19N3O3. The second-order valence-corrected chi connectivity index (χ2v) is 4.76. The molecule has 6 nitrogen and oxygen atoms in total. The number of carbonyl (C=O) groups is 2. The van der Waals surface area contributed by atoms with Gasteiger partial charge in [0.25, 0.3) is 5.91 Å². The summed E-state index contributed by atoms with van der Waals surface area (Å²) in [7, 11) is 0. The van der Waals surface area contributed by atoms with Crippen LogP contribution in [-0.2, 0) is 9.53 Å². The van der Waals surface area contributed by atoms with Gasteiger partial charge in [0.15, 0.2) is 0 Å². The molecule has 6 heteroatoms. The molecule has 1 aliphatic carbocycles. The summed E-state index contributed by atoms with van der Waals surface area (Å²) >= 11 is 0. The summed E-state index contributed by atoms with van der Waals surface area (Å²) in [5.41, 5.74) is 0.535. The van der Waals surface area contributed by atoms with Crippen LogP contribution in [0.1, 0.15) is 43.0 Å². The average Bonchev–Trinajstić information content (AvgIpc) is 2.94. The number of rotatable bonds is 4. The minimum Gasteiger partial charge on any atom is -0.466 e. The molecule has 0 saturated heterocycles. The van der Waals surface area contributed by atoms with Crippen molar-refractivity contribution in [1.29, 1.82) is 0 Å². The molecule has 104 valence electrons. The Kier molecular flexibility index (Phi) is 4.54. The van der Waals surface area contributed by atoms with Crippen molar-refractivity contribution in [2.24, 2.45) is 5.92 Å². The molecule has 0 atom stereocenters. The quantitative estimate of drug-likeness (QED) is 0.803. The fraction of sp³-hybridized carbons (Fsp3) is 0.615. The van der Waals surface area contributed by atoms with E-state index < -0.39 is 0 Å². The van der Waals surface area contributed by atoms with Gasteiger partial charge in [0.05, 0.1) is 24.3 Å². The molecule has 0 aromatic carbocycles. The smallest absolute Gasteiger partial charge is 0.308 e. The summed E-state index contributed by atoms with van der Waals surface area (Å²) < 4.78 is 5.02. The number of aromatic amines is 1. The minimum atomic E-state index is -0.117. The summed E-state index contributed by atoms with van der Waals surface area (Å²) in [6.07, 6.45) is 6.24. The van der Waals surface area contributed by atoms with Gasteiger partial charge in [0, 0.05) is 12.2 Å². The number of nitrogens with zero attached hydrogens (tertiary/aromatic N) is 1. The lowest BCUT2D eigenvalue weighted by Crippen LogP contribution is -2.38. The van der Waals surface area contributed by atoms with E-state index in [9.17, 15) is 9.59 Å². The Balaban J connectivity index is 1.77. The maximum atomic E-state index is 11.8. The number of nitrogens with one attached hydrogen (secondary N) is 2. The third-order valence-corrected chi connectivity index (χ3v) is 3.44. The highest BCUT2D eigenvalue weighted by atomic mass is 16.5. The Labute approximate surface area is 111 Å². The van der Waals surface area contributed by atoms with Crippen molar-refractivity contribution in [1.82, 2.24) is 15.5 Å². The Morgan fingerprint density at radius 1 is 1.42 bits per heavy atom. The average molecular weight is 265 g/mol. The number of hydrogen-bond acceptors (Lipinski definition) is 4. The summed E-state index contributed by atoms with van der Waals surface area (Å²) in [5.74, 6) is -0.238. The molecule has 1 aromatic heterocycles. The Morgan fingerprint density at radius 2 is 2.16 bits per heavy atom. The molecule has 0 spiro atoms. The van der Waals surface area contributed by atoms with E-state index in [0.29, 0.717) is 12.2 Å². The lowest BCUT2D eigenvalue weighted by atomic mass is 9.86. The second-order valence-electron chi connectivity index (χ2n) is 4.76. The van der Waals surface area contributed by atoms with Crippen LogP contribution in [0.15, 0.2) is 12.4 Å². The van der Waals surface area contributed by atoms with E-state index in [-0.39, 0.29) is 23.8 Å². The maximum absolute atomic E-state index is 11.8. The molecule has 1 saturated carbocycles. The highest BCUT2D eigenvalue weighted by molar-refractivity contribution is 5.93. The van der Waals surface area contributed by atoms with Gasteiger partial charge in [0.1, 0.15) is 0 Å². The molecule has 2 N–H and O–H groups in total. The molecular weight excluding hydrogens is 246 g/mol. The third kappa shape index (κ3) is 3.56. The van der Waals surface area contributed by atoms with E-state index in [2.05, 4.69) is 15.5 Å².